The van der Waals surface area contributed by atoms with Gasteiger partial charge in [-0.3, -0.25) is 14.5 Å². The van der Waals surface area contributed by atoms with Gasteiger partial charge in [-0.25, -0.2) is 0 Å². The molecule has 2 aliphatic rings. The second-order valence-electron chi connectivity index (χ2n) is 4.80. The molecule has 0 radical (unpaired) electrons. The Labute approximate surface area is 112 Å². The number of amides is 2. The molecule has 0 aliphatic carbocycles. The fraction of sp³-hybridized carbons (Fsp3) is 0.333. The Morgan fingerprint density at radius 1 is 1.32 bits per heavy atom. The van der Waals surface area contributed by atoms with Gasteiger partial charge in [0, 0.05) is 6.54 Å². The molecule has 1 atom stereocenters. The number of carbonyl (C=O) groups excluding carboxylic acids is 2. The molecule has 4 nitrogen and oxygen atoms in total. The summed E-state index contributed by atoms with van der Waals surface area (Å²) in [7, 11) is 0. The maximum Gasteiger partial charge on any atom is 0.256 e. The molecule has 1 saturated heterocycles. The maximum absolute atomic E-state index is 12.6. The van der Waals surface area contributed by atoms with Gasteiger partial charge in [-0.05, 0) is 25.0 Å². The summed E-state index contributed by atoms with van der Waals surface area (Å²) in [5.74, 6) is 2.38. The Bertz CT molecular complexity index is 588. The SMILES string of the molecule is C#CCN1C(=O)[C@@H]2CCCN2C(=O)c2ccccc21. The molecule has 1 aromatic carbocycles. The Hall–Kier alpha value is -2.28. The van der Waals surface area contributed by atoms with Crippen molar-refractivity contribution < 1.29 is 9.59 Å². The maximum atomic E-state index is 12.6. The summed E-state index contributed by atoms with van der Waals surface area (Å²) in [6.45, 7) is 0.848. The lowest BCUT2D eigenvalue weighted by Gasteiger charge is -2.24. The van der Waals surface area contributed by atoms with Crippen LogP contribution >= 0.6 is 0 Å². The summed E-state index contributed by atoms with van der Waals surface area (Å²) < 4.78 is 0. The first-order valence-electron chi connectivity index (χ1n) is 6.39. The van der Waals surface area contributed by atoms with E-state index in [1.807, 2.05) is 12.1 Å². The third-order valence-corrected chi connectivity index (χ3v) is 3.74. The Morgan fingerprint density at radius 2 is 2.11 bits per heavy atom. The lowest BCUT2D eigenvalue weighted by Crippen LogP contribution is -2.45. The van der Waals surface area contributed by atoms with Gasteiger partial charge in [0.05, 0.1) is 17.8 Å². The minimum absolute atomic E-state index is 0.0613. The molecule has 1 fully saturated rings. The first kappa shape index (κ1) is 11.8. The standard InChI is InChI=1S/C15H14N2O2/c1-2-9-16-12-7-4-3-6-11(12)14(18)17-10-5-8-13(17)15(16)19/h1,3-4,6-7,13H,5,8-10H2/t13-/m0/s1. The van der Waals surface area contributed by atoms with Crippen LogP contribution in [0.15, 0.2) is 24.3 Å². The Balaban J connectivity index is 2.16. The largest absolute Gasteiger partial charge is 0.327 e. The summed E-state index contributed by atoms with van der Waals surface area (Å²) in [5.41, 5.74) is 1.19. The van der Waals surface area contributed by atoms with Crippen LogP contribution < -0.4 is 4.90 Å². The molecule has 3 rings (SSSR count). The smallest absolute Gasteiger partial charge is 0.256 e. The predicted molar refractivity (Wildman–Crippen MR) is 71.7 cm³/mol. The molecule has 0 unspecified atom stereocenters. The molecule has 0 spiro atoms. The van der Waals surface area contributed by atoms with Crippen molar-refractivity contribution in [3.05, 3.63) is 29.8 Å². The number of para-hydroxylation sites is 1. The molecule has 0 aromatic heterocycles. The van der Waals surface area contributed by atoms with Crippen molar-refractivity contribution in [1.29, 1.82) is 0 Å². The Kier molecular flexibility index (Phi) is 2.75. The summed E-state index contributed by atoms with van der Waals surface area (Å²) in [6.07, 6.45) is 6.95. The molecule has 0 bridgehead atoms. The molecule has 2 heterocycles. The van der Waals surface area contributed by atoms with E-state index in [9.17, 15) is 9.59 Å². The summed E-state index contributed by atoms with van der Waals surface area (Å²) in [6, 6.07) is 6.82. The zero-order chi connectivity index (χ0) is 13.4. The second-order valence-corrected chi connectivity index (χ2v) is 4.80. The predicted octanol–water partition coefficient (Wildman–Crippen LogP) is 1.27. The van der Waals surface area contributed by atoms with Gasteiger partial charge in [0.1, 0.15) is 6.04 Å². The molecule has 0 saturated carbocycles. The van der Waals surface area contributed by atoms with Crippen LogP contribution in [0.1, 0.15) is 23.2 Å². The Morgan fingerprint density at radius 3 is 2.89 bits per heavy atom. The van der Waals surface area contributed by atoms with Crippen LogP contribution in [0.25, 0.3) is 0 Å². The highest BCUT2D eigenvalue weighted by Gasteiger charge is 2.41. The van der Waals surface area contributed by atoms with Crippen LogP contribution in [0.4, 0.5) is 5.69 Å². The summed E-state index contributed by atoms with van der Waals surface area (Å²) in [5, 5.41) is 0. The van der Waals surface area contributed by atoms with E-state index in [1.165, 1.54) is 0 Å². The van der Waals surface area contributed by atoms with Gasteiger partial charge in [-0.15, -0.1) is 6.42 Å². The second kappa shape index (κ2) is 4.43. The van der Waals surface area contributed by atoms with Gasteiger partial charge < -0.3 is 4.90 Å². The number of benzene rings is 1. The van der Waals surface area contributed by atoms with E-state index in [-0.39, 0.29) is 24.4 Å². The normalized spacial score (nSPS) is 21.7. The van der Waals surface area contributed by atoms with E-state index in [1.54, 1.807) is 21.9 Å². The number of rotatable bonds is 1. The molecule has 96 valence electrons. The van der Waals surface area contributed by atoms with Gasteiger partial charge in [-0.1, -0.05) is 18.1 Å². The third kappa shape index (κ3) is 1.70. The number of hydrogen-bond acceptors (Lipinski definition) is 2. The van der Waals surface area contributed by atoms with Crippen LogP contribution in [0.3, 0.4) is 0 Å². The van der Waals surface area contributed by atoms with Crippen LogP contribution in [0, 0.1) is 12.3 Å². The molecule has 19 heavy (non-hydrogen) atoms. The minimum atomic E-state index is -0.353. The topological polar surface area (TPSA) is 40.6 Å². The van der Waals surface area contributed by atoms with Crippen LogP contribution in [0.2, 0.25) is 0 Å². The highest BCUT2D eigenvalue weighted by molar-refractivity contribution is 6.11. The number of anilines is 1. The molecule has 2 amide bonds. The molecule has 4 heteroatoms. The number of hydrogen-bond donors (Lipinski definition) is 0. The van der Waals surface area contributed by atoms with Gasteiger partial charge >= 0.3 is 0 Å². The monoisotopic (exact) mass is 254 g/mol. The minimum Gasteiger partial charge on any atom is -0.327 e. The first-order chi connectivity index (χ1) is 9.24. The number of fused-ring (bicyclic) bond motifs is 2. The summed E-state index contributed by atoms with van der Waals surface area (Å²) >= 11 is 0. The van der Waals surface area contributed by atoms with E-state index in [2.05, 4.69) is 5.92 Å². The van der Waals surface area contributed by atoms with Gasteiger partial charge in [0.25, 0.3) is 11.8 Å². The molecular formula is C15H14N2O2. The van der Waals surface area contributed by atoms with Crippen molar-refractivity contribution in [2.24, 2.45) is 0 Å². The lowest BCUT2D eigenvalue weighted by atomic mass is 10.1. The average Bonchev–Trinajstić information content (AvgIpc) is 2.90. The van der Waals surface area contributed by atoms with Crippen molar-refractivity contribution in [1.82, 2.24) is 4.90 Å². The highest BCUT2D eigenvalue weighted by Crippen LogP contribution is 2.31. The molecule has 1 aromatic rings. The van der Waals surface area contributed by atoms with Crippen molar-refractivity contribution in [2.75, 3.05) is 18.0 Å². The lowest BCUT2D eigenvalue weighted by molar-refractivity contribution is -0.121. The van der Waals surface area contributed by atoms with Crippen LogP contribution in [0.5, 0.6) is 0 Å². The number of terminal acetylenes is 1. The van der Waals surface area contributed by atoms with Crippen LogP contribution in [-0.2, 0) is 4.79 Å². The summed E-state index contributed by atoms with van der Waals surface area (Å²) in [4.78, 5) is 28.3. The van der Waals surface area contributed by atoms with Gasteiger partial charge in [0.15, 0.2) is 0 Å². The van der Waals surface area contributed by atoms with Gasteiger partial charge in [0.2, 0.25) is 0 Å². The van der Waals surface area contributed by atoms with E-state index < -0.39 is 0 Å². The van der Waals surface area contributed by atoms with Gasteiger partial charge in [-0.2, -0.15) is 0 Å². The van der Waals surface area contributed by atoms with Crippen LogP contribution in [-0.4, -0.2) is 35.8 Å². The third-order valence-electron chi connectivity index (χ3n) is 3.74. The van der Waals surface area contributed by atoms with E-state index in [0.717, 1.165) is 12.8 Å². The van der Waals surface area contributed by atoms with E-state index >= 15 is 0 Å². The zero-order valence-electron chi connectivity index (χ0n) is 10.5. The molecular weight excluding hydrogens is 240 g/mol. The quantitative estimate of drug-likeness (QED) is 0.708. The van der Waals surface area contributed by atoms with E-state index in [4.69, 9.17) is 6.42 Å². The number of carbonyl (C=O) groups is 2. The van der Waals surface area contributed by atoms with Crippen molar-refractivity contribution in [2.45, 2.75) is 18.9 Å². The average molecular weight is 254 g/mol. The fourth-order valence-corrected chi connectivity index (χ4v) is 2.86. The van der Waals surface area contributed by atoms with Crippen molar-refractivity contribution >= 4 is 17.5 Å². The van der Waals surface area contributed by atoms with Crippen molar-refractivity contribution in [3.8, 4) is 12.3 Å². The molecule has 2 aliphatic heterocycles. The molecule has 0 N–H and O–H groups in total. The fourth-order valence-electron chi connectivity index (χ4n) is 2.86. The van der Waals surface area contributed by atoms with Crippen molar-refractivity contribution in [3.63, 3.8) is 0 Å². The highest BCUT2D eigenvalue weighted by atomic mass is 16.2. The number of nitrogens with zero attached hydrogens (tertiary/aromatic N) is 2. The first-order valence-corrected chi connectivity index (χ1v) is 6.39. The zero-order valence-corrected chi connectivity index (χ0v) is 10.5. The van der Waals surface area contributed by atoms with E-state index in [0.29, 0.717) is 17.8 Å².